The quantitative estimate of drug-likeness (QED) is 0.834. The summed E-state index contributed by atoms with van der Waals surface area (Å²) in [6, 6.07) is 17.1. The van der Waals surface area contributed by atoms with Crippen molar-refractivity contribution in [1.82, 2.24) is 4.90 Å². The Morgan fingerprint density at radius 3 is 2.62 bits per heavy atom. The Labute approximate surface area is 149 Å². The van der Waals surface area contributed by atoms with E-state index in [-0.39, 0.29) is 12.6 Å². The van der Waals surface area contributed by atoms with Gasteiger partial charge in [0.25, 0.3) is 0 Å². The molecule has 3 nitrogen and oxygen atoms in total. The molecule has 1 aliphatic rings. The van der Waals surface area contributed by atoms with Crippen molar-refractivity contribution in [2.24, 2.45) is 0 Å². The number of anilines is 1. The van der Waals surface area contributed by atoms with Gasteiger partial charge in [0.05, 0.1) is 6.61 Å². The highest BCUT2D eigenvalue weighted by molar-refractivity contribution is 7.99. The molecule has 3 rings (SSSR count). The monoisotopic (exact) mass is 342 g/mol. The Kier molecular flexibility index (Phi) is 6.18. The minimum absolute atomic E-state index is 0.0875. The summed E-state index contributed by atoms with van der Waals surface area (Å²) in [4.78, 5) is 2.53. The SMILES string of the molecule is CC(Nc1cccc(CN2CCSCC2)c1)c1cccc(CO)c1. The molecule has 24 heavy (non-hydrogen) atoms. The molecule has 0 aliphatic carbocycles. The second kappa shape index (κ2) is 8.56. The van der Waals surface area contributed by atoms with Gasteiger partial charge in [0.2, 0.25) is 0 Å². The first-order chi connectivity index (χ1) is 11.7. The van der Waals surface area contributed by atoms with E-state index in [9.17, 15) is 5.11 Å². The van der Waals surface area contributed by atoms with Gasteiger partial charge in [-0.1, -0.05) is 36.4 Å². The van der Waals surface area contributed by atoms with Crippen LogP contribution in [0, 0.1) is 0 Å². The predicted molar refractivity (Wildman–Crippen MR) is 103 cm³/mol. The van der Waals surface area contributed by atoms with Crippen molar-refractivity contribution in [1.29, 1.82) is 0 Å². The van der Waals surface area contributed by atoms with E-state index in [4.69, 9.17) is 0 Å². The van der Waals surface area contributed by atoms with Crippen LogP contribution in [0.1, 0.15) is 29.7 Å². The summed E-state index contributed by atoms with van der Waals surface area (Å²) < 4.78 is 0. The van der Waals surface area contributed by atoms with E-state index in [1.807, 2.05) is 23.9 Å². The molecule has 2 aromatic carbocycles. The van der Waals surface area contributed by atoms with Crippen molar-refractivity contribution in [2.45, 2.75) is 26.1 Å². The van der Waals surface area contributed by atoms with Gasteiger partial charge < -0.3 is 10.4 Å². The number of benzene rings is 2. The van der Waals surface area contributed by atoms with E-state index >= 15 is 0 Å². The van der Waals surface area contributed by atoms with Crippen molar-refractivity contribution in [3.8, 4) is 0 Å². The topological polar surface area (TPSA) is 35.5 Å². The van der Waals surface area contributed by atoms with Gasteiger partial charge in [-0.15, -0.1) is 0 Å². The molecule has 128 valence electrons. The minimum Gasteiger partial charge on any atom is -0.392 e. The molecule has 2 N–H and O–H groups in total. The summed E-state index contributed by atoms with van der Waals surface area (Å²) in [5.41, 5.74) is 4.67. The maximum atomic E-state index is 9.30. The molecule has 1 fully saturated rings. The van der Waals surface area contributed by atoms with Gasteiger partial charge in [0.15, 0.2) is 0 Å². The maximum Gasteiger partial charge on any atom is 0.0681 e. The molecule has 1 heterocycles. The van der Waals surface area contributed by atoms with E-state index < -0.39 is 0 Å². The predicted octanol–water partition coefficient (Wildman–Crippen LogP) is 3.90. The Morgan fingerprint density at radius 1 is 1.08 bits per heavy atom. The van der Waals surface area contributed by atoms with Crippen LogP contribution in [-0.4, -0.2) is 34.6 Å². The molecule has 0 spiro atoms. The normalized spacial score (nSPS) is 16.8. The molecule has 2 aromatic rings. The largest absolute Gasteiger partial charge is 0.392 e. The third-order valence-corrected chi connectivity index (χ3v) is 5.40. The highest BCUT2D eigenvalue weighted by atomic mass is 32.2. The summed E-state index contributed by atoms with van der Waals surface area (Å²) in [6.45, 7) is 5.65. The Balaban J connectivity index is 1.64. The first kappa shape index (κ1) is 17.3. The Bertz CT molecular complexity index is 656. The first-order valence-electron chi connectivity index (χ1n) is 8.60. The highest BCUT2D eigenvalue weighted by Gasteiger charge is 2.11. The first-order valence-corrected chi connectivity index (χ1v) is 9.75. The fraction of sp³-hybridized carbons (Fsp3) is 0.400. The number of aliphatic hydroxyl groups excluding tert-OH is 1. The van der Waals surface area contributed by atoms with Gasteiger partial charge in [-0.25, -0.2) is 0 Å². The molecule has 1 atom stereocenters. The zero-order valence-electron chi connectivity index (χ0n) is 14.2. The lowest BCUT2D eigenvalue weighted by Crippen LogP contribution is -2.31. The van der Waals surface area contributed by atoms with Crippen LogP contribution in [0.4, 0.5) is 5.69 Å². The summed E-state index contributed by atoms with van der Waals surface area (Å²) in [7, 11) is 0. The lowest BCUT2D eigenvalue weighted by Gasteiger charge is -2.26. The number of hydrogen-bond donors (Lipinski definition) is 2. The van der Waals surface area contributed by atoms with Crippen LogP contribution in [0.3, 0.4) is 0 Å². The van der Waals surface area contributed by atoms with Gasteiger partial charge in [-0.3, -0.25) is 4.90 Å². The number of nitrogens with one attached hydrogen (secondary N) is 1. The average Bonchev–Trinajstić information content (AvgIpc) is 2.63. The Hall–Kier alpha value is -1.49. The zero-order valence-corrected chi connectivity index (χ0v) is 15.1. The highest BCUT2D eigenvalue weighted by Crippen LogP contribution is 2.22. The van der Waals surface area contributed by atoms with Crippen LogP contribution in [0.15, 0.2) is 48.5 Å². The van der Waals surface area contributed by atoms with E-state index in [1.54, 1.807) is 0 Å². The second-order valence-corrected chi connectivity index (χ2v) is 7.58. The molecule has 1 saturated heterocycles. The Morgan fingerprint density at radius 2 is 1.83 bits per heavy atom. The summed E-state index contributed by atoms with van der Waals surface area (Å²) in [5.74, 6) is 2.49. The molecular weight excluding hydrogens is 316 g/mol. The van der Waals surface area contributed by atoms with Crippen molar-refractivity contribution in [3.05, 3.63) is 65.2 Å². The van der Waals surface area contributed by atoms with Gasteiger partial charge in [-0.2, -0.15) is 11.8 Å². The van der Waals surface area contributed by atoms with E-state index in [0.29, 0.717) is 0 Å². The fourth-order valence-corrected chi connectivity index (χ4v) is 4.05. The molecule has 0 aromatic heterocycles. The zero-order chi connectivity index (χ0) is 16.8. The molecule has 0 bridgehead atoms. The minimum atomic E-state index is 0.0875. The van der Waals surface area contributed by atoms with Crippen molar-refractivity contribution < 1.29 is 5.11 Å². The molecule has 1 unspecified atom stereocenters. The van der Waals surface area contributed by atoms with Crippen LogP contribution < -0.4 is 5.32 Å². The van der Waals surface area contributed by atoms with Crippen LogP contribution in [-0.2, 0) is 13.2 Å². The van der Waals surface area contributed by atoms with Crippen molar-refractivity contribution in [3.63, 3.8) is 0 Å². The van der Waals surface area contributed by atoms with Gasteiger partial charge in [0, 0.05) is 42.9 Å². The molecular formula is C20H26N2OS. The average molecular weight is 343 g/mol. The van der Waals surface area contributed by atoms with Crippen LogP contribution in [0.5, 0.6) is 0 Å². The fourth-order valence-electron chi connectivity index (χ4n) is 3.07. The van der Waals surface area contributed by atoms with E-state index in [2.05, 4.69) is 53.5 Å². The third-order valence-electron chi connectivity index (χ3n) is 4.45. The molecule has 4 heteroatoms. The standard InChI is InChI=1S/C20H26N2OS/c1-16(19-6-2-5-18(12-19)15-23)21-20-7-3-4-17(13-20)14-22-8-10-24-11-9-22/h2-7,12-13,16,21,23H,8-11,14-15H2,1H3. The number of rotatable bonds is 6. The molecule has 0 amide bonds. The lowest BCUT2D eigenvalue weighted by atomic mass is 10.0. The van der Waals surface area contributed by atoms with E-state index in [1.165, 1.54) is 35.7 Å². The second-order valence-electron chi connectivity index (χ2n) is 6.36. The number of hydrogen-bond acceptors (Lipinski definition) is 4. The summed E-state index contributed by atoms with van der Waals surface area (Å²) in [5, 5.41) is 12.9. The number of aliphatic hydroxyl groups is 1. The summed E-state index contributed by atoms with van der Waals surface area (Å²) in [6.07, 6.45) is 0. The van der Waals surface area contributed by atoms with Crippen LogP contribution >= 0.6 is 11.8 Å². The molecule has 0 radical (unpaired) electrons. The van der Waals surface area contributed by atoms with Gasteiger partial charge in [-0.05, 0) is 35.7 Å². The van der Waals surface area contributed by atoms with Crippen molar-refractivity contribution in [2.75, 3.05) is 29.9 Å². The smallest absolute Gasteiger partial charge is 0.0681 e. The van der Waals surface area contributed by atoms with Crippen LogP contribution in [0.25, 0.3) is 0 Å². The van der Waals surface area contributed by atoms with Gasteiger partial charge in [0.1, 0.15) is 0 Å². The number of thioether (sulfide) groups is 1. The van der Waals surface area contributed by atoms with Crippen LogP contribution in [0.2, 0.25) is 0 Å². The third kappa shape index (κ3) is 4.76. The van der Waals surface area contributed by atoms with Crippen molar-refractivity contribution >= 4 is 17.4 Å². The van der Waals surface area contributed by atoms with Gasteiger partial charge >= 0.3 is 0 Å². The molecule has 0 saturated carbocycles. The molecule has 1 aliphatic heterocycles. The number of nitrogens with zero attached hydrogens (tertiary/aromatic N) is 1. The maximum absolute atomic E-state index is 9.30. The summed E-state index contributed by atoms with van der Waals surface area (Å²) >= 11 is 2.05. The lowest BCUT2D eigenvalue weighted by molar-refractivity contribution is 0.281. The van der Waals surface area contributed by atoms with E-state index in [0.717, 1.165) is 17.8 Å².